The van der Waals surface area contributed by atoms with Crippen LogP contribution < -0.4 is 9.62 Å². The third-order valence-corrected chi connectivity index (χ3v) is 8.28. The van der Waals surface area contributed by atoms with Gasteiger partial charge in [0.05, 0.1) is 17.1 Å². The van der Waals surface area contributed by atoms with E-state index in [0.717, 1.165) is 30.6 Å². The van der Waals surface area contributed by atoms with Gasteiger partial charge in [-0.3, -0.25) is 4.31 Å². The van der Waals surface area contributed by atoms with Gasteiger partial charge in [-0.05, 0) is 75.4 Å². The van der Waals surface area contributed by atoms with Crippen LogP contribution >= 0.6 is 0 Å². The molecule has 3 aromatic carbocycles. The van der Waals surface area contributed by atoms with E-state index >= 15 is 0 Å². The molecule has 0 atom stereocenters. The van der Waals surface area contributed by atoms with E-state index in [-0.39, 0.29) is 17.5 Å². The summed E-state index contributed by atoms with van der Waals surface area (Å²) in [6.45, 7) is 7.94. The lowest BCUT2D eigenvalue weighted by atomic mass is 9.97. The molecule has 0 saturated carbocycles. The molecule has 1 saturated heterocycles. The molecule has 1 N–H and O–H groups in total. The minimum Gasteiger partial charge on any atom is -0.444 e. The largest absolute Gasteiger partial charge is 0.444 e. The monoisotopic (exact) mass is 535 g/mol. The predicted octanol–water partition coefficient (Wildman–Crippen LogP) is 6.14. The summed E-state index contributed by atoms with van der Waals surface area (Å²) in [4.78, 5) is 14.4. The first kappa shape index (κ1) is 27.5. The number of nitrogens with one attached hydrogen (secondary N) is 1. The maximum absolute atomic E-state index is 13.7. The first-order chi connectivity index (χ1) is 18.1. The minimum atomic E-state index is -3.78. The number of hydrogen-bond donors (Lipinski definition) is 1. The second kappa shape index (κ2) is 11.9. The van der Waals surface area contributed by atoms with Crippen molar-refractivity contribution in [2.24, 2.45) is 5.92 Å². The number of nitrogens with zero attached hydrogens (tertiary/aromatic N) is 2. The van der Waals surface area contributed by atoms with Crippen molar-refractivity contribution in [3.63, 3.8) is 0 Å². The van der Waals surface area contributed by atoms with Crippen molar-refractivity contribution in [1.82, 2.24) is 4.90 Å². The SMILES string of the molecule is CC(C)(C)OC(=O)N1CCC(CNc2cccc(N(Cc3ccccc3)S(=O)(=O)c3ccccc3)c2)CC1. The molecular formula is C30H37N3O4S. The maximum atomic E-state index is 13.7. The van der Waals surface area contributed by atoms with Gasteiger partial charge in [-0.1, -0.05) is 54.6 Å². The Morgan fingerprint density at radius 3 is 2.21 bits per heavy atom. The Kier molecular flexibility index (Phi) is 8.62. The Bertz CT molecular complexity index is 1300. The molecule has 1 aliphatic rings. The van der Waals surface area contributed by atoms with E-state index in [4.69, 9.17) is 4.74 Å². The minimum absolute atomic E-state index is 0.227. The molecule has 1 amide bonds. The number of hydrogen-bond acceptors (Lipinski definition) is 5. The molecule has 1 heterocycles. The van der Waals surface area contributed by atoms with Gasteiger partial charge < -0.3 is 15.0 Å². The second-order valence-corrected chi connectivity index (χ2v) is 12.5. The first-order valence-electron chi connectivity index (χ1n) is 13.1. The van der Waals surface area contributed by atoms with Gasteiger partial charge >= 0.3 is 6.09 Å². The van der Waals surface area contributed by atoms with Gasteiger partial charge in [-0.15, -0.1) is 0 Å². The number of anilines is 2. The van der Waals surface area contributed by atoms with Crippen LogP contribution in [0.1, 0.15) is 39.2 Å². The van der Waals surface area contributed by atoms with E-state index in [1.165, 1.54) is 4.31 Å². The summed E-state index contributed by atoms with van der Waals surface area (Å²) in [5, 5.41) is 3.49. The molecule has 1 aliphatic heterocycles. The van der Waals surface area contributed by atoms with Crippen LogP contribution in [0.15, 0.2) is 89.8 Å². The molecule has 3 aromatic rings. The maximum Gasteiger partial charge on any atom is 0.410 e. The van der Waals surface area contributed by atoms with E-state index in [1.807, 2.05) is 81.4 Å². The average molecular weight is 536 g/mol. The summed E-state index contributed by atoms with van der Waals surface area (Å²) < 4.78 is 34.3. The van der Waals surface area contributed by atoms with Crippen LogP contribution in [0.5, 0.6) is 0 Å². The van der Waals surface area contributed by atoms with Gasteiger partial charge in [-0.2, -0.15) is 0 Å². The molecule has 0 unspecified atom stereocenters. The molecule has 0 aliphatic carbocycles. The number of benzene rings is 3. The van der Waals surface area contributed by atoms with Crippen LogP contribution in [-0.4, -0.2) is 44.6 Å². The molecule has 0 spiro atoms. The predicted molar refractivity (Wildman–Crippen MR) is 152 cm³/mol. The number of likely N-dealkylation sites (tertiary alicyclic amines) is 1. The lowest BCUT2D eigenvalue weighted by molar-refractivity contribution is 0.0188. The van der Waals surface area contributed by atoms with Crippen LogP contribution in [0, 0.1) is 5.92 Å². The third-order valence-electron chi connectivity index (χ3n) is 6.50. The van der Waals surface area contributed by atoms with E-state index in [2.05, 4.69) is 5.32 Å². The Morgan fingerprint density at radius 2 is 1.58 bits per heavy atom. The zero-order valence-electron chi connectivity index (χ0n) is 22.3. The van der Waals surface area contributed by atoms with E-state index < -0.39 is 15.6 Å². The number of amides is 1. The Hall–Kier alpha value is -3.52. The zero-order chi connectivity index (χ0) is 27.2. The lowest BCUT2D eigenvalue weighted by Crippen LogP contribution is -2.42. The van der Waals surface area contributed by atoms with Crippen molar-refractivity contribution in [3.8, 4) is 0 Å². The van der Waals surface area contributed by atoms with Crippen molar-refractivity contribution in [2.75, 3.05) is 29.3 Å². The summed E-state index contributed by atoms with van der Waals surface area (Å²) in [5.74, 6) is 0.408. The normalized spacial score (nSPS) is 14.7. The highest BCUT2D eigenvalue weighted by atomic mass is 32.2. The fourth-order valence-electron chi connectivity index (χ4n) is 4.46. The summed E-state index contributed by atoms with van der Waals surface area (Å²) in [5.41, 5.74) is 1.87. The molecular weight excluding hydrogens is 498 g/mol. The summed E-state index contributed by atoms with van der Waals surface area (Å²) >= 11 is 0. The van der Waals surface area contributed by atoms with Crippen molar-refractivity contribution in [1.29, 1.82) is 0 Å². The number of rotatable bonds is 8. The third kappa shape index (κ3) is 7.28. The molecule has 0 bridgehead atoms. The Labute approximate surface area is 226 Å². The molecule has 4 rings (SSSR count). The van der Waals surface area contributed by atoms with Gasteiger partial charge in [0.2, 0.25) is 0 Å². The Morgan fingerprint density at radius 1 is 0.947 bits per heavy atom. The molecule has 1 fully saturated rings. The first-order valence-corrected chi connectivity index (χ1v) is 14.5. The molecule has 0 radical (unpaired) electrons. The lowest BCUT2D eigenvalue weighted by Gasteiger charge is -2.33. The number of ether oxygens (including phenoxy) is 1. The Balaban J connectivity index is 1.45. The average Bonchev–Trinajstić information content (AvgIpc) is 2.91. The van der Waals surface area contributed by atoms with Crippen molar-refractivity contribution >= 4 is 27.5 Å². The fourth-order valence-corrected chi connectivity index (χ4v) is 5.93. The highest BCUT2D eigenvalue weighted by Gasteiger charge is 2.28. The van der Waals surface area contributed by atoms with E-state index in [9.17, 15) is 13.2 Å². The summed E-state index contributed by atoms with van der Waals surface area (Å²) in [7, 11) is -3.78. The van der Waals surface area contributed by atoms with Gasteiger partial charge in [0.1, 0.15) is 5.60 Å². The van der Waals surface area contributed by atoms with Gasteiger partial charge in [0.25, 0.3) is 10.0 Å². The van der Waals surface area contributed by atoms with Crippen LogP contribution in [0.2, 0.25) is 0 Å². The molecule has 202 valence electrons. The number of piperidine rings is 1. The van der Waals surface area contributed by atoms with E-state index in [0.29, 0.717) is 24.7 Å². The van der Waals surface area contributed by atoms with Crippen LogP contribution in [0.4, 0.5) is 16.2 Å². The molecule has 7 nitrogen and oxygen atoms in total. The molecule has 38 heavy (non-hydrogen) atoms. The van der Waals surface area contributed by atoms with Crippen molar-refractivity contribution < 1.29 is 17.9 Å². The number of sulfonamides is 1. The van der Waals surface area contributed by atoms with Crippen LogP contribution in [-0.2, 0) is 21.3 Å². The fraction of sp³-hybridized carbons (Fsp3) is 0.367. The van der Waals surface area contributed by atoms with E-state index in [1.54, 1.807) is 29.2 Å². The summed E-state index contributed by atoms with van der Waals surface area (Å²) in [6, 6.07) is 25.7. The van der Waals surface area contributed by atoms with Crippen LogP contribution in [0.25, 0.3) is 0 Å². The highest BCUT2D eigenvalue weighted by molar-refractivity contribution is 7.92. The summed E-state index contributed by atoms with van der Waals surface area (Å²) in [6.07, 6.45) is 1.51. The van der Waals surface area contributed by atoms with Crippen molar-refractivity contribution in [2.45, 2.75) is 50.7 Å². The quantitative estimate of drug-likeness (QED) is 0.375. The van der Waals surface area contributed by atoms with Gasteiger partial charge in [-0.25, -0.2) is 13.2 Å². The second-order valence-electron chi connectivity index (χ2n) is 10.7. The number of carbonyl (C=O) groups excluding carboxylic acids is 1. The van der Waals surface area contributed by atoms with Gasteiger partial charge in [0, 0.05) is 25.3 Å². The number of carbonyl (C=O) groups is 1. The van der Waals surface area contributed by atoms with Crippen LogP contribution in [0.3, 0.4) is 0 Å². The zero-order valence-corrected chi connectivity index (χ0v) is 23.2. The highest BCUT2D eigenvalue weighted by Crippen LogP contribution is 2.29. The molecule has 0 aromatic heterocycles. The smallest absolute Gasteiger partial charge is 0.410 e. The standard InChI is InChI=1S/C30H37N3O4S/c1-30(2,3)37-29(34)32-19-17-24(18-20-32)22-31-26-13-10-14-27(21-26)33(23-25-11-6-4-7-12-25)38(35,36)28-15-8-5-9-16-28/h4-16,21,24,31H,17-20,22-23H2,1-3H3. The van der Waals surface area contributed by atoms with Crippen molar-refractivity contribution in [3.05, 3.63) is 90.5 Å². The topological polar surface area (TPSA) is 79.0 Å². The van der Waals surface area contributed by atoms with Gasteiger partial charge in [0.15, 0.2) is 0 Å². The molecule has 8 heteroatoms.